The third kappa shape index (κ3) is 2.74. The van der Waals surface area contributed by atoms with E-state index in [1.807, 2.05) is 0 Å². The van der Waals surface area contributed by atoms with Crippen molar-refractivity contribution in [3.63, 3.8) is 0 Å². The van der Waals surface area contributed by atoms with Crippen LogP contribution < -0.4 is 4.90 Å². The van der Waals surface area contributed by atoms with E-state index in [0.717, 1.165) is 14.4 Å². The molecule has 1 aromatic rings. The predicted octanol–water partition coefficient (Wildman–Crippen LogP) is 1.09. The number of carbonyl (C=O) groups excluding carboxylic acids is 4. The third-order valence-electron chi connectivity index (χ3n) is 3.94. The molecule has 0 aliphatic carbocycles. The van der Waals surface area contributed by atoms with Gasteiger partial charge in [-0.15, -0.1) is 0 Å². The van der Waals surface area contributed by atoms with Gasteiger partial charge in [0.2, 0.25) is 11.8 Å². The SMILES string of the molecule is CCOC(=O)C1=NN(C(C)=O)[C@H]2C(=O)N(c3ccc(Br)cc3)C(=O)[C@@H]12. The molecule has 0 unspecified atom stereocenters. The van der Waals surface area contributed by atoms with Crippen molar-refractivity contribution >= 4 is 51.0 Å². The number of hydrogen-bond donors (Lipinski definition) is 0. The van der Waals surface area contributed by atoms with Crippen molar-refractivity contribution < 1.29 is 23.9 Å². The van der Waals surface area contributed by atoms with Crippen molar-refractivity contribution in [1.82, 2.24) is 5.01 Å². The summed E-state index contributed by atoms with van der Waals surface area (Å²) < 4.78 is 5.69. The van der Waals surface area contributed by atoms with Gasteiger partial charge in [-0.05, 0) is 31.2 Å². The van der Waals surface area contributed by atoms with E-state index >= 15 is 0 Å². The molecule has 0 bridgehead atoms. The van der Waals surface area contributed by atoms with Gasteiger partial charge in [0.25, 0.3) is 5.91 Å². The summed E-state index contributed by atoms with van der Waals surface area (Å²) in [6.45, 7) is 2.92. The first kappa shape index (κ1) is 17.3. The Kier molecular flexibility index (Phi) is 4.42. The Balaban J connectivity index is 2.03. The van der Waals surface area contributed by atoms with Gasteiger partial charge in [0, 0.05) is 11.4 Å². The maximum atomic E-state index is 12.8. The minimum Gasteiger partial charge on any atom is -0.461 e. The van der Waals surface area contributed by atoms with E-state index < -0.39 is 35.7 Å². The lowest BCUT2D eigenvalue weighted by molar-refractivity contribution is -0.136. The highest BCUT2D eigenvalue weighted by atomic mass is 79.9. The van der Waals surface area contributed by atoms with E-state index in [-0.39, 0.29) is 12.3 Å². The van der Waals surface area contributed by atoms with Gasteiger partial charge in [-0.2, -0.15) is 5.10 Å². The van der Waals surface area contributed by atoms with Gasteiger partial charge in [0.1, 0.15) is 5.92 Å². The molecule has 130 valence electrons. The number of fused-ring (bicyclic) bond motifs is 1. The fourth-order valence-electron chi connectivity index (χ4n) is 2.89. The number of anilines is 1. The Hall–Kier alpha value is -2.55. The van der Waals surface area contributed by atoms with E-state index in [0.29, 0.717) is 5.69 Å². The quantitative estimate of drug-likeness (QED) is 0.551. The lowest BCUT2D eigenvalue weighted by Gasteiger charge is -2.19. The number of carbonyl (C=O) groups is 4. The number of halogens is 1. The molecule has 0 radical (unpaired) electrons. The Morgan fingerprint density at radius 2 is 1.84 bits per heavy atom. The average molecular weight is 408 g/mol. The zero-order valence-corrected chi connectivity index (χ0v) is 15.0. The van der Waals surface area contributed by atoms with E-state index in [2.05, 4.69) is 21.0 Å². The minimum atomic E-state index is -1.16. The van der Waals surface area contributed by atoms with Gasteiger partial charge in [-0.1, -0.05) is 15.9 Å². The largest absolute Gasteiger partial charge is 0.461 e. The van der Waals surface area contributed by atoms with Crippen molar-refractivity contribution in [2.24, 2.45) is 11.0 Å². The Bertz CT molecular complexity index is 804. The van der Waals surface area contributed by atoms with Crippen LogP contribution in [0.15, 0.2) is 33.8 Å². The maximum absolute atomic E-state index is 12.8. The summed E-state index contributed by atoms with van der Waals surface area (Å²) >= 11 is 3.29. The molecular weight excluding hydrogens is 394 g/mol. The van der Waals surface area contributed by atoms with Crippen molar-refractivity contribution in [1.29, 1.82) is 0 Å². The highest BCUT2D eigenvalue weighted by molar-refractivity contribution is 9.10. The molecule has 8 nitrogen and oxygen atoms in total. The van der Waals surface area contributed by atoms with Gasteiger partial charge in [0.15, 0.2) is 11.8 Å². The smallest absolute Gasteiger partial charge is 0.355 e. The highest BCUT2D eigenvalue weighted by Crippen LogP contribution is 2.35. The van der Waals surface area contributed by atoms with Gasteiger partial charge >= 0.3 is 5.97 Å². The van der Waals surface area contributed by atoms with E-state index in [1.165, 1.54) is 6.92 Å². The van der Waals surface area contributed by atoms with Crippen LogP contribution in [0, 0.1) is 5.92 Å². The van der Waals surface area contributed by atoms with Crippen LogP contribution in [0.2, 0.25) is 0 Å². The molecule has 1 fully saturated rings. The summed E-state index contributed by atoms with van der Waals surface area (Å²) in [7, 11) is 0. The summed E-state index contributed by atoms with van der Waals surface area (Å²) in [4.78, 5) is 50.6. The Labute approximate surface area is 151 Å². The lowest BCUT2D eigenvalue weighted by atomic mass is 9.98. The molecular formula is C16H14BrN3O5. The molecule has 1 saturated heterocycles. The van der Waals surface area contributed by atoms with Crippen molar-refractivity contribution in [2.45, 2.75) is 19.9 Å². The predicted molar refractivity (Wildman–Crippen MR) is 90.5 cm³/mol. The van der Waals surface area contributed by atoms with Crippen LogP contribution in [0.5, 0.6) is 0 Å². The Morgan fingerprint density at radius 1 is 1.20 bits per heavy atom. The fourth-order valence-corrected chi connectivity index (χ4v) is 3.16. The molecule has 2 heterocycles. The van der Waals surface area contributed by atoms with Crippen LogP contribution in [0.4, 0.5) is 5.69 Å². The first-order valence-corrected chi connectivity index (χ1v) is 8.35. The highest BCUT2D eigenvalue weighted by Gasteiger charge is 2.59. The fraction of sp³-hybridized carbons (Fsp3) is 0.312. The summed E-state index contributed by atoms with van der Waals surface area (Å²) in [6, 6.07) is 5.41. The number of amides is 3. The van der Waals surface area contributed by atoms with Crippen LogP contribution in [-0.4, -0.2) is 47.1 Å². The Morgan fingerprint density at radius 3 is 2.40 bits per heavy atom. The normalized spacial score (nSPS) is 22.1. The number of benzene rings is 1. The van der Waals surface area contributed by atoms with Crippen LogP contribution in [0.1, 0.15) is 13.8 Å². The molecule has 2 aliphatic rings. The molecule has 9 heteroatoms. The monoisotopic (exact) mass is 407 g/mol. The zero-order chi connectivity index (χ0) is 18.3. The summed E-state index contributed by atoms with van der Waals surface area (Å²) in [6.07, 6.45) is 0. The second kappa shape index (κ2) is 6.40. The molecule has 2 aliphatic heterocycles. The number of esters is 1. The topological polar surface area (TPSA) is 96.3 Å². The van der Waals surface area contributed by atoms with E-state index in [1.54, 1.807) is 31.2 Å². The number of hydrogen-bond acceptors (Lipinski definition) is 6. The van der Waals surface area contributed by atoms with Gasteiger partial charge in [-0.25, -0.2) is 14.7 Å². The number of ether oxygens (including phenoxy) is 1. The number of nitrogens with zero attached hydrogens (tertiary/aromatic N) is 3. The first-order valence-electron chi connectivity index (χ1n) is 7.55. The molecule has 0 aromatic heterocycles. The maximum Gasteiger partial charge on any atom is 0.355 e. The van der Waals surface area contributed by atoms with Crippen LogP contribution in [-0.2, 0) is 23.9 Å². The molecule has 0 N–H and O–H groups in total. The van der Waals surface area contributed by atoms with Crippen molar-refractivity contribution in [2.75, 3.05) is 11.5 Å². The molecule has 3 rings (SSSR count). The number of imide groups is 1. The minimum absolute atomic E-state index is 0.0911. The van der Waals surface area contributed by atoms with Crippen molar-refractivity contribution in [3.05, 3.63) is 28.7 Å². The van der Waals surface area contributed by atoms with Gasteiger partial charge in [-0.3, -0.25) is 14.4 Å². The average Bonchev–Trinajstić information content (AvgIpc) is 3.07. The van der Waals surface area contributed by atoms with Crippen LogP contribution >= 0.6 is 15.9 Å². The third-order valence-corrected chi connectivity index (χ3v) is 4.47. The van der Waals surface area contributed by atoms with E-state index in [4.69, 9.17) is 4.74 Å². The standard InChI is InChI=1S/C16H14BrN3O5/c1-3-25-16(24)12-11-13(20(18-12)8(2)21)15(23)19(14(11)22)10-6-4-9(17)5-7-10/h4-7,11,13H,3H2,1-2H3/t11-,13+/m0/s1. The second-order valence-electron chi connectivity index (χ2n) is 5.48. The lowest BCUT2D eigenvalue weighted by Crippen LogP contribution is -2.41. The molecule has 0 saturated carbocycles. The number of hydrazone groups is 1. The van der Waals surface area contributed by atoms with E-state index in [9.17, 15) is 19.2 Å². The zero-order valence-electron chi connectivity index (χ0n) is 13.4. The molecule has 3 amide bonds. The molecule has 1 aromatic carbocycles. The van der Waals surface area contributed by atoms with Gasteiger partial charge < -0.3 is 4.74 Å². The molecule has 0 spiro atoms. The van der Waals surface area contributed by atoms with Crippen LogP contribution in [0.25, 0.3) is 0 Å². The summed E-state index contributed by atoms with van der Waals surface area (Å²) in [5, 5.41) is 4.77. The first-order chi connectivity index (χ1) is 11.9. The molecule has 2 atom stereocenters. The summed E-state index contributed by atoms with van der Waals surface area (Å²) in [5.74, 6) is -3.70. The van der Waals surface area contributed by atoms with Crippen LogP contribution in [0.3, 0.4) is 0 Å². The summed E-state index contributed by atoms with van der Waals surface area (Å²) in [5.41, 5.74) is 0.138. The van der Waals surface area contributed by atoms with Crippen molar-refractivity contribution in [3.8, 4) is 0 Å². The van der Waals surface area contributed by atoms with Gasteiger partial charge in [0.05, 0.1) is 12.3 Å². The number of rotatable bonds is 3. The second-order valence-corrected chi connectivity index (χ2v) is 6.40. The molecule has 25 heavy (non-hydrogen) atoms.